The Morgan fingerprint density at radius 2 is 1.85 bits per heavy atom. The third-order valence-electron chi connectivity index (χ3n) is 1.81. The summed E-state index contributed by atoms with van der Waals surface area (Å²) in [5, 5.41) is 0. The molecule has 80 valence electrons. The molecule has 0 aromatic rings. The van der Waals surface area contributed by atoms with E-state index >= 15 is 0 Å². The zero-order chi connectivity index (χ0) is 10.5. The third kappa shape index (κ3) is 5.07. The fourth-order valence-electron chi connectivity index (χ4n) is 0.683. The summed E-state index contributed by atoms with van der Waals surface area (Å²) in [6, 6.07) is -0.685. The molecule has 0 amide bonds. The molecule has 2 atom stereocenters. The maximum Gasteiger partial charge on any atom is 0.393 e. The summed E-state index contributed by atoms with van der Waals surface area (Å²) in [6.45, 7) is 2.77. The van der Waals surface area contributed by atoms with Crippen LogP contribution in [0.1, 0.15) is 13.8 Å². The molecule has 1 unspecified atom stereocenters. The number of halogens is 3. The Morgan fingerprint density at radius 3 is 2.23 bits per heavy atom. The van der Waals surface area contributed by atoms with Crippen LogP contribution < -0.4 is 10.9 Å². The number of alkyl halides is 3. The lowest BCUT2D eigenvalue weighted by Crippen LogP contribution is -2.47. The molecule has 0 saturated carbocycles. The summed E-state index contributed by atoms with van der Waals surface area (Å²) in [6.07, 6.45) is -4.17. The van der Waals surface area contributed by atoms with Gasteiger partial charge in [-0.05, 0) is 6.92 Å². The highest BCUT2D eigenvalue weighted by atomic mass is 19.4. The third-order valence-corrected chi connectivity index (χ3v) is 1.81. The predicted octanol–water partition coefficient (Wildman–Crippen LogP) is 1.27. The Hall–Kier alpha value is -0.330. The van der Waals surface area contributed by atoms with E-state index in [-0.39, 0.29) is 6.73 Å². The van der Waals surface area contributed by atoms with Gasteiger partial charge in [0.15, 0.2) is 0 Å². The molecular weight excluding hydrogens is 185 g/mol. The molecule has 2 N–H and O–H groups in total. The second-order valence-corrected chi connectivity index (χ2v) is 2.87. The molecule has 6 heteroatoms. The summed E-state index contributed by atoms with van der Waals surface area (Å²) in [4.78, 5) is 0. The molecule has 0 spiro atoms. The van der Waals surface area contributed by atoms with Gasteiger partial charge in [0.2, 0.25) is 0 Å². The molecule has 0 rings (SSSR count). The van der Waals surface area contributed by atoms with Gasteiger partial charge in [-0.2, -0.15) is 13.2 Å². The Kier molecular flexibility index (Phi) is 5.27. The maximum absolute atomic E-state index is 12.1. The lowest BCUT2D eigenvalue weighted by atomic mass is 10.0. The molecular formula is C7H15F3N2O. The fraction of sp³-hybridized carbons (Fsp3) is 1.00. The maximum atomic E-state index is 12.1. The fourth-order valence-corrected chi connectivity index (χ4v) is 0.683. The minimum Gasteiger partial charge on any atom is -0.368 e. The van der Waals surface area contributed by atoms with Crippen LogP contribution in [0.2, 0.25) is 0 Å². The first kappa shape index (κ1) is 12.7. The molecule has 3 nitrogen and oxygen atoms in total. The van der Waals surface area contributed by atoms with E-state index in [0.29, 0.717) is 0 Å². The first-order valence-electron chi connectivity index (χ1n) is 3.93. The van der Waals surface area contributed by atoms with Crippen molar-refractivity contribution in [1.82, 2.24) is 10.9 Å². The average Bonchev–Trinajstić information content (AvgIpc) is 2.01. The van der Waals surface area contributed by atoms with Gasteiger partial charge in [-0.15, -0.1) is 0 Å². The molecule has 0 aromatic heterocycles. The van der Waals surface area contributed by atoms with E-state index in [1.807, 2.05) is 0 Å². The highest BCUT2D eigenvalue weighted by Gasteiger charge is 2.39. The molecule has 0 fully saturated rings. The molecule has 0 bridgehead atoms. The van der Waals surface area contributed by atoms with Crippen molar-refractivity contribution in [1.29, 1.82) is 0 Å². The van der Waals surface area contributed by atoms with Crippen molar-refractivity contribution in [2.24, 2.45) is 5.92 Å². The molecule has 0 aromatic carbocycles. The Balaban J connectivity index is 3.76. The van der Waals surface area contributed by atoms with E-state index in [0.717, 1.165) is 6.92 Å². The summed E-state index contributed by atoms with van der Waals surface area (Å²) in [7, 11) is 1.45. The monoisotopic (exact) mass is 200 g/mol. The summed E-state index contributed by atoms with van der Waals surface area (Å²) in [5.41, 5.74) is 5.01. The van der Waals surface area contributed by atoms with Crippen molar-refractivity contribution < 1.29 is 17.9 Å². The molecule has 0 aliphatic heterocycles. The number of rotatable bonds is 5. The molecule has 0 aliphatic rings. The molecule has 0 radical (unpaired) electrons. The highest BCUT2D eigenvalue weighted by Crippen LogP contribution is 2.27. The zero-order valence-corrected chi connectivity index (χ0v) is 7.90. The number of methoxy groups -OCH3 is 1. The first-order valence-corrected chi connectivity index (χ1v) is 3.93. The summed E-state index contributed by atoms with van der Waals surface area (Å²) < 4.78 is 40.9. The lowest BCUT2D eigenvalue weighted by Gasteiger charge is -2.23. The Morgan fingerprint density at radius 1 is 1.31 bits per heavy atom. The number of hydrogen-bond acceptors (Lipinski definition) is 3. The number of nitrogens with one attached hydrogen (secondary N) is 2. The number of ether oxygens (including phenoxy) is 1. The van der Waals surface area contributed by atoms with Gasteiger partial charge in [0.1, 0.15) is 6.73 Å². The van der Waals surface area contributed by atoms with Crippen LogP contribution in [-0.4, -0.2) is 26.1 Å². The van der Waals surface area contributed by atoms with Crippen LogP contribution in [0.15, 0.2) is 0 Å². The quantitative estimate of drug-likeness (QED) is 0.398. The van der Waals surface area contributed by atoms with Crippen LogP contribution in [0.5, 0.6) is 0 Å². The van der Waals surface area contributed by atoms with E-state index in [2.05, 4.69) is 15.6 Å². The van der Waals surface area contributed by atoms with Crippen molar-refractivity contribution in [3.05, 3.63) is 0 Å². The Labute approximate surface area is 75.6 Å². The van der Waals surface area contributed by atoms with E-state index < -0.39 is 18.1 Å². The van der Waals surface area contributed by atoms with Crippen LogP contribution >= 0.6 is 0 Å². The van der Waals surface area contributed by atoms with Crippen LogP contribution in [0, 0.1) is 5.92 Å². The van der Waals surface area contributed by atoms with Crippen LogP contribution in [0.3, 0.4) is 0 Å². The zero-order valence-electron chi connectivity index (χ0n) is 7.90. The normalized spacial score (nSPS) is 17.1. The SMILES string of the molecule is COCNN[C@@H](C)C(C)C(F)(F)F. The van der Waals surface area contributed by atoms with Crippen molar-refractivity contribution in [2.75, 3.05) is 13.8 Å². The van der Waals surface area contributed by atoms with Gasteiger partial charge in [-0.1, -0.05) is 6.92 Å². The van der Waals surface area contributed by atoms with E-state index in [4.69, 9.17) is 0 Å². The van der Waals surface area contributed by atoms with Gasteiger partial charge in [-0.3, -0.25) is 5.43 Å². The van der Waals surface area contributed by atoms with E-state index in [1.165, 1.54) is 14.0 Å². The standard InChI is InChI=1S/C7H15F3N2O/c1-5(7(8,9)10)6(2)12-11-4-13-3/h5-6,11-12H,4H2,1-3H3/t5?,6-/m0/s1. The number of hydrazine groups is 1. The van der Waals surface area contributed by atoms with Gasteiger partial charge in [0, 0.05) is 13.2 Å². The predicted molar refractivity (Wildman–Crippen MR) is 42.8 cm³/mol. The molecule has 0 aliphatic carbocycles. The van der Waals surface area contributed by atoms with E-state index in [9.17, 15) is 13.2 Å². The highest BCUT2D eigenvalue weighted by molar-refractivity contribution is 4.72. The van der Waals surface area contributed by atoms with Crippen molar-refractivity contribution in [2.45, 2.75) is 26.1 Å². The molecule has 0 heterocycles. The topological polar surface area (TPSA) is 33.3 Å². The van der Waals surface area contributed by atoms with Crippen LogP contribution in [-0.2, 0) is 4.74 Å². The van der Waals surface area contributed by atoms with Crippen molar-refractivity contribution >= 4 is 0 Å². The largest absolute Gasteiger partial charge is 0.393 e. The van der Waals surface area contributed by atoms with Gasteiger partial charge in [0.25, 0.3) is 0 Å². The van der Waals surface area contributed by atoms with Crippen molar-refractivity contribution in [3.8, 4) is 0 Å². The average molecular weight is 200 g/mol. The first-order chi connectivity index (χ1) is 5.89. The minimum atomic E-state index is -4.17. The van der Waals surface area contributed by atoms with E-state index in [1.54, 1.807) is 0 Å². The number of hydrogen-bond donors (Lipinski definition) is 2. The molecule has 0 saturated heterocycles. The van der Waals surface area contributed by atoms with Crippen LogP contribution in [0.25, 0.3) is 0 Å². The summed E-state index contributed by atoms with van der Waals surface area (Å²) >= 11 is 0. The van der Waals surface area contributed by atoms with Crippen molar-refractivity contribution in [3.63, 3.8) is 0 Å². The summed E-state index contributed by atoms with van der Waals surface area (Å²) in [5.74, 6) is -1.39. The lowest BCUT2D eigenvalue weighted by molar-refractivity contribution is -0.177. The second kappa shape index (κ2) is 5.41. The van der Waals surface area contributed by atoms with Crippen LogP contribution in [0.4, 0.5) is 13.2 Å². The smallest absolute Gasteiger partial charge is 0.368 e. The van der Waals surface area contributed by atoms with Gasteiger partial charge in [-0.25, -0.2) is 5.43 Å². The Bertz CT molecular complexity index is 140. The van der Waals surface area contributed by atoms with Gasteiger partial charge >= 0.3 is 6.18 Å². The molecule has 13 heavy (non-hydrogen) atoms. The minimum absolute atomic E-state index is 0.176. The second-order valence-electron chi connectivity index (χ2n) is 2.87. The van der Waals surface area contributed by atoms with Gasteiger partial charge in [0.05, 0.1) is 5.92 Å². The van der Waals surface area contributed by atoms with Gasteiger partial charge < -0.3 is 4.74 Å².